The number of anilines is 1. The van der Waals surface area contributed by atoms with Crippen molar-refractivity contribution in [2.75, 3.05) is 12.8 Å². The summed E-state index contributed by atoms with van der Waals surface area (Å²) < 4.78 is 7.15. The normalized spacial score (nSPS) is 11.8. The van der Waals surface area contributed by atoms with Gasteiger partial charge in [-0.05, 0) is 25.5 Å². The van der Waals surface area contributed by atoms with Crippen LogP contribution in [0.25, 0.3) is 28.5 Å². The Morgan fingerprint density at radius 2 is 2.20 bits per heavy atom. The Balaban J connectivity index is 2.23. The largest absolute Gasteiger partial charge is 0.383 e. The third-order valence-electron chi connectivity index (χ3n) is 3.90. The second-order valence-electron chi connectivity index (χ2n) is 5.99. The summed E-state index contributed by atoms with van der Waals surface area (Å²) in [4.78, 5) is 11.9. The van der Waals surface area contributed by atoms with Crippen molar-refractivity contribution in [3.8, 4) is 11.4 Å². The smallest absolute Gasteiger partial charge is 0.164 e. The number of H-pyrrole nitrogens is 1. The first-order valence-corrected chi connectivity index (χ1v) is 8.05. The van der Waals surface area contributed by atoms with E-state index in [1.54, 1.807) is 13.2 Å². The van der Waals surface area contributed by atoms with E-state index in [0.717, 1.165) is 33.7 Å². The standard InChI is InChI=1S/C18H22N6O/c1-5-6-7-12-8-13(22-14(12)9-25-4)16-15-17(19)20-10-21-18(15)24(23-16)11(2)3/h5-8,10-11,22H,1,9H2,2-4H3,(H2,19,20,21). The average Bonchev–Trinajstić information content (AvgIpc) is 3.15. The second-order valence-corrected chi connectivity index (χ2v) is 5.99. The lowest BCUT2D eigenvalue weighted by molar-refractivity contribution is 0.182. The number of allylic oxidation sites excluding steroid dienone is 2. The number of ether oxygens (including phenoxy) is 1. The molecule has 0 aliphatic rings. The van der Waals surface area contributed by atoms with E-state index >= 15 is 0 Å². The molecule has 0 aromatic carbocycles. The van der Waals surface area contributed by atoms with E-state index in [1.165, 1.54) is 6.33 Å². The Kier molecular flexibility index (Phi) is 4.67. The molecule has 3 aromatic heterocycles. The van der Waals surface area contributed by atoms with Crippen molar-refractivity contribution < 1.29 is 4.74 Å². The summed E-state index contributed by atoms with van der Waals surface area (Å²) in [6.07, 6.45) is 7.06. The number of aromatic amines is 1. The predicted molar refractivity (Wildman–Crippen MR) is 99.9 cm³/mol. The van der Waals surface area contributed by atoms with Crippen molar-refractivity contribution >= 4 is 22.9 Å². The first-order chi connectivity index (χ1) is 12.1. The topological polar surface area (TPSA) is 94.6 Å². The van der Waals surface area contributed by atoms with E-state index in [1.807, 2.05) is 22.9 Å². The van der Waals surface area contributed by atoms with Gasteiger partial charge in [0.2, 0.25) is 0 Å². The lowest BCUT2D eigenvalue weighted by Gasteiger charge is -2.05. The lowest BCUT2D eigenvalue weighted by Crippen LogP contribution is -2.04. The van der Waals surface area contributed by atoms with Crippen molar-refractivity contribution in [2.45, 2.75) is 26.5 Å². The third-order valence-corrected chi connectivity index (χ3v) is 3.90. The molecular weight excluding hydrogens is 316 g/mol. The molecule has 0 aliphatic carbocycles. The fourth-order valence-corrected chi connectivity index (χ4v) is 2.77. The lowest BCUT2D eigenvalue weighted by atomic mass is 10.2. The number of methoxy groups -OCH3 is 1. The molecule has 0 bridgehead atoms. The van der Waals surface area contributed by atoms with Crippen LogP contribution in [0.4, 0.5) is 5.82 Å². The van der Waals surface area contributed by atoms with Crippen LogP contribution in [0.5, 0.6) is 0 Å². The number of nitrogens with two attached hydrogens (primary N) is 1. The van der Waals surface area contributed by atoms with E-state index in [0.29, 0.717) is 12.4 Å². The van der Waals surface area contributed by atoms with Gasteiger partial charge in [-0.15, -0.1) is 0 Å². The van der Waals surface area contributed by atoms with Gasteiger partial charge in [-0.25, -0.2) is 14.6 Å². The molecule has 3 aromatic rings. The number of nitrogen functional groups attached to an aromatic ring is 1. The van der Waals surface area contributed by atoms with E-state index in [4.69, 9.17) is 15.6 Å². The minimum absolute atomic E-state index is 0.152. The van der Waals surface area contributed by atoms with Crippen LogP contribution in [-0.4, -0.2) is 31.8 Å². The van der Waals surface area contributed by atoms with Crippen molar-refractivity contribution in [1.29, 1.82) is 0 Å². The fraction of sp³-hybridized carbons (Fsp3) is 0.278. The van der Waals surface area contributed by atoms with Crippen molar-refractivity contribution in [1.82, 2.24) is 24.7 Å². The zero-order valence-corrected chi connectivity index (χ0v) is 14.7. The number of rotatable bonds is 6. The summed E-state index contributed by atoms with van der Waals surface area (Å²) in [5.41, 5.74) is 10.4. The van der Waals surface area contributed by atoms with Gasteiger partial charge in [0, 0.05) is 18.8 Å². The van der Waals surface area contributed by atoms with Crippen molar-refractivity contribution in [3.63, 3.8) is 0 Å². The van der Waals surface area contributed by atoms with Crippen LogP contribution in [0.1, 0.15) is 31.1 Å². The molecule has 3 N–H and O–H groups in total. The highest BCUT2D eigenvalue weighted by molar-refractivity contribution is 5.97. The number of nitrogens with one attached hydrogen (secondary N) is 1. The Morgan fingerprint density at radius 1 is 1.40 bits per heavy atom. The summed E-state index contributed by atoms with van der Waals surface area (Å²) in [5.74, 6) is 0.415. The van der Waals surface area contributed by atoms with Gasteiger partial charge in [0.1, 0.15) is 17.8 Å². The van der Waals surface area contributed by atoms with Gasteiger partial charge in [0.15, 0.2) is 5.65 Å². The monoisotopic (exact) mass is 338 g/mol. The molecule has 130 valence electrons. The van der Waals surface area contributed by atoms with Crippen LogP contribution < -0.4 is 5.73 Å². The Labute approximate surface area is 146 Å². The van der Waals surface area contributed by atoms with Gasteiger partial charge in [-0.3, -0.25) is 0 Å². The maximum absolute atomic E-state index is 6.12. The molecule has 0 saturated heterocycles. The van der Waals surface area contributed by atoms with Crippen LogP contribution in [-0.2, 0) is 11.3 Å². The zero-order valence-electron chi connectivity index (χ0n) is 14.7. The molecule has 7 heteroatoms. The maximum atomic E-state index is 6.12. The van der Waals surface area contributed by atoms with Gasteiger partial charge in [-0.2, -0.15) is 5.10 Å². The van der Waals surface area contributed by atoms with Crippen LogP contribution in [0.2, 0.25) is 0 Å². The minimum atomic E-state index is 0.152. The molecule has 3 rings (SSSR count). The molecule has 0 atom stereocenters. The van der Waals surface area contributed by atoms with Gasteiger partial charge < -0.3 is 15.5 Å². The van der Waals surface area contributed by atoms with Crippen molar-refractivity contribution in [3.05, 3.63) is 42.4 Å². The Morgan fingerprint density at radius 3 is 2.88 bits per heavy atom. The molecule has 0 aliphatic heterocycles. The number of fused-ring (bicyclic) bond motifs is 1. The molecule has 0 spiro atoms. The number of hydrogen-bond acceptors (Lipinski definition) is 5. The SMILES string of the molecule is C=CC=Cc1cc(-c2nn(C(C)C)c3ncnc(N)c23)[nH]c1COC. The van der Waals surface area contributed by atoms with Gasteiger partial charge in [0.25, 0.3) is 0 Å². The quantitative estimate of drug-likeness (QED) is 0.672. The highest BCUT2D eigenvalue weighted by Crippen LogP contribution is 2.32. The minimum Gasteiger partial charge on any atom is -0.383 e. The molecule has 0 radical (unpaired) electrons. The highest BCUT2D eigenvalue weighted by atomic mass is 16.5. The van der Waals surface area contributed by atoms with Crippen LogP contribution in [0.3, 0.4) is 0 Å². The Hall–Kier alpha value is -2.93. The van der Waals surface area contributed by atoms with Gasteiger partial charge in [-0.1, -0.05) is 24.8 Å². The summed E-state index contributed by atoms with van der Waals surface area (Å²) in [6, 6.07) is 2.17. The maximum Gasteiger partial charge on any atom is 0.164 e. The molecule has 25 heavy (non-hydrogen) atoms. The molecule has 0 fully saturated rings. The van der Waals surface area contributed by atoms with Gasteiger partial charge in [0.05, 0.1) is 17.7 Å². The van der Waals surface area contributed by atoms with E-state index in [-0.39, 0.29) is 6.04 Å². The first kappa shape index (κ1) is 16.9. The first-order valence-electron chi connectivity index (χ1n) is 8.05. The summed E-state index contributed by atoms with van der Waals surface area (Å²) in [5, 5.41) is 5.48. The molecule has 0 amide bonds. The average molecular weight is 338 g/mol. The van der Waals surface area contributed by atoms with E-state index in [9.17, 15) is 0 Å². The van der Waals surface area contributed by atoms with Gasteiger partial charge >= 0.3 is 0 Å². The Bertz CT molecular complexity index is 935. The molecular formula is C18H22N6O. The van der Waals surface area contributed by atoms with Crippen LogP contribution in [0.15, 0.2) is 31.1 Å². The number of aromatic nitrogens is 5. The van der Waals surface area contributed by atoms with E-state index in [2.05, 4.69) is 35.4 Å². The molecule has 0 unspecified atom stereocenters. The van der Waals surface area contributed by atoms with Crippen molar-refractivity contribution in [2.24, 2.45) is 0 Å². The summed E-state index contributed by atoms with van der Waals surface area (Å²) in [7, 11) is 1.66. The third kappa shape index (κ3) is 3.06. The van der Waals surface area contributed by atoms with Crippen LogP contribution >= 0.6 is 0 Å². The molecule has 0 saturated carbocycles. The zero-order chi connectivity index (χ0) is 18.0. The fourth-order valence-electron chi connectivity index (χ4n) is 2.77. The molecule has 7 nitrogen and oxygen atoms in total. The van der Waals surface area contributed by atoms with E-state index < -0.39 is 0 Å². The number of hydrogen-bond donors (Lipinski definition) is 2. The molecule has 3 heterocycles. The van der Waals surface area contributed by atoms with Crippen LogP contribution in [0, 0.1) is 0 Å². The number of nitrogens with zero attached hydrogens (tertiary/aromatic N) is 4. The predicted octanol–water partition coefficient (Wildman–Crippen LogP) is 3.33. The highest BCUT2D eigenvalue weighted by Gasteiger charge is 2.20. The second kappa shape index (κ2) is 6.90. The summed E-state index contributed by atoms with van der Waals surface area (Å²) in [6.45, 7) is 8.29. The summed E-state index contributed by atoms with van der Waals surface area (Å²) >= 11 is 0.